The van der Waals surface area contributed by atoms with Gasteiger partial charge in [-0.2, -0.15) is 12.2 Å². The molecule has 0 radical (unpaired) electrons. The molecule has 1 heteroatoms. The molecule has 98 valence electrons. The zero-order chi connectivity index (χ0) is 13.1. The van der Waals surface area contributed by atoms with Crippen molar-refractivity contribution >= 4 is 0 Å². The van der Waals surface area contributed by atoms with Gasteiger partial charge in [-0.15, -0.1) is 20.3 Å². The van der Waals surface area contributed by atoms with Crippen molar-refractivity contribution in [2.75, 3.05) is 0 Å². The molecule has 0 bridgehead atoms. The maximum absolute atomic E-state index is 3.30. The average molecular weight is 322 g/mol. The van der Waals surface area contributed by atoms with Gasteiger partial charge in [-0.3, -0.25) is 12.2 Å². The van der Waals surface area contributed by atoms with Gasteiger partial charge in [-0.25, -0.2) is 22.8 Å². The van der Waals surface area contributed by atoms with Gasteiger partial charge < -0.3 is 0 Å². The van der Waals surface area contributed by atoms with E-state index in [0.717, 1.165) is 6.42 Å². The van der Waals surface area contributed by atoms with E-state index >= 15 is 0 Å². The van der Waals surface area contributed by atoms with Crippen LogP contribution in [0.5, 0.6) is 0 Å². The van der Waals surface area contributed by atoms with Crippen molar-refractivity contribution in [1.29, 1.82) is 0 Å². The molecule has 0 spiro atoms. The molecule has 0 aromatic heterocycles. The predicted octanol–water partition coefficient (Wildman–Crippen LogP) is 5.59. The number of rotatable bonds is 4. The first kappa shape index (κ1) is 20.2. The van der Waals surface area contributed by atoms with Crippen LogP contribution in [0.25, 0.3) is 0 Å². The maximum atomic E-state index is 3.30. The smallest absolute Gasteiger partial charge is 0.275 e. The van der Waals surface area contributed by atoms with E-state index in [2.05, 4.69) is 51.2 Å². The fourth-order valence-corrected chi connectivity index (χ4v) is 1.40. The molecule has 0 aliphatic heterocycles. The quantitative estimate of drug-likeness (QED) is 0.468. The van der Waals surface area contributed by atoms with E-state index in [4.69, 9.17) is 0 Å². The van der Waals surface area contributed by atoms with Gasteiger partial charge in [-0.1, -0.05) is 40.0 Å². The Bertz CT molecular complexity index is 301. The van der Waals surface area contributed by atoms with Crippen LogP contribution in [0.15, 0.2) is 34.9 Å². The molecule has 0 amide bonds. The molecule has 0 saturated carbocycles. The zero-order valence-electron chi connectivity index (χ0n) is 12.6. The Hall–Kier alpha value is -0.157. The van der Waals surface area contributed by atoms with Crippen LogP contribution in [-0.2, 0) is 26.2 Å². The molecule has 0 saturated heterocycles. The standard InChI is InChI=1S/C9H13.C8H13.Zr/c1-2-3-6-9-7-4-5-8-9;1-5-7(3)8(4)6-2;/h4,7H,2-3,5-6H2,1H3;5H,1-4H3;/q2*-1;+2/b;7-5+;. The summed E-state index contributed by atoms with van der Waals surface area (Å²) in [4.78, 5) is 0. The van der Waals surface area contributed by atoms with Crippen LogP contribution in [0.3, 0.4) is 0 Å². The van der Waals surface area contributed by atoms with Gasteiger partial charge in [0.05, 0.1) is 0 Å². The first-order valence-corrected chi connectivity index (χ1v) is 6.56. The Kier molecular flexibility index (Phi) is 14.9. The molecule has 0 fully saturated rings. The molecule has 18 heavy (non-hydrogen) atoms. The zero-order valence-corrected chi connectivity index (χ0v) is 15.0. The number of allylic oxidation sites excluding steroid dienone is 8. The van der Waals surface area contributed by atoms with Gasteiger partial charge in [0.25, 0.3) is 0 Å². The second-order valence-electron chi connectivity index (χ2n) is 4.26. The summed E-state index contributed by atoms with van der Waals surface area (Å²) in [5.74, 6) is 0. The Morgan fingerprint density at radius 3 is 2.44 bits per heavy atom. The minimum Gasteiger partial charge on any atom is -0.275 e. The van der Waals surface area contributed by atoms with E-state index in [0.29, 0.717) is 0 Å². The minimum absolute atomic E-state index is 0. The fraction of sp³-hybridized carbons (Fsp3) is 0.529. The van der Waals surface area contributed by atoms with Gasteiger partial charge in [0, 0.05) is 0 Å². The second-order valence-corrected chi connectivity index (χ2v) is 4.26. The van der Waals surface area contributed by atoms with Crippen molar-refractivity contribution in [1.82, 2.24) is 0 Å². The number of hydrogen-bond acceptors (Lipinski definition) is 0. The van der Waals surface area contributed by atoms with Crippen molar-refractivity contribution in [2.45, 2.75) is 60.3 Å². The molecule has 0 atom stereocenters. The molecule has 0 aromatic carbocycles. The summed E-state index contributed by atoms with van der Waals surface area (Å²) in [6, 6.07) is 0. The van der Waals surface area contributed by atoms with E-state index < -0.39 is 0 Å². The Morgan fingerprint density at radius 2 is 2.11 bits per heavy atom. The topological polar surface area (TPSA) is 0 Å². The van der Waals surface area contributed by atoms with Crippen molar-refractivity contribution in [3.63, 3.8) is 0 Å². The minimum atomic E-state index is 0. The Balaban J connectivity index is 0. The van der Waals surface area contributed by atoms with Crippen LogP contribution in [0.1, 0.15) is 60.3 Å². The van der Waals surface area contributed by atoms with Crippen LogP contribution in [0.2, 0.25) is 0 Å². The molecular weight excluding hydrogens is 295 g/mol. The first-order valence-electron chi connectivity index (χ1n) is 6.56. The van der Waals surface area contributed by atoms with Gasteiger partial charge >= 0.3 is 26.2 Å². The van der Waals surface area contributed by atoms with Crippen LogP contribution in [-0.4, -0.2) is 0 Å². The van der Waals surface area contributed by atoms with Crippen molar-refractivity contribution in [3.05, 3.63) is 47.1 Å². The normalized spacial score (nSPS) is 14.6. The van der Waals surface area contributed by atoms with Gasteiger partial charge in [0.2, 0.25) is 0 Å². The van der Waals surface area contributed by atoms with Crippen molar-refractivity contribution in [3.8, 4) is 0 Å². The van der Waals surface area contributed by atoms with Crippen LogP contribution in [0.4, 0.5) is 0 Å². The van der Waals surface area contributed by atoms with Crippen molar-refractivity contribution < 1.29 is 26.2 Å². The monoisotopic (exact) mass is 320 g/mol. The summed E-state index contributed by atoms with van der Waals surface area (Å²) in [7, 11) is 0. The van der Waals surface area contributed by atoms with Gasteiger partial charge in [0.15, 0.2) is 0 Å². The molecule has 1 aliphatic rings. The molecule has 0 aromatic rings. The van der Waals surface area contributed by atoms with Crippen LogP contribution in [0, 0.1) is 12.2 Å². The Labute approximate surface area is 133 Å². The largest absolute Gasteiger partial charge is 2.00 e. The third-order valence-electron chi connectivity index (χ3n) is 2.97. The third kappa shape index (κ3) is 9.83. The Morgan fingerprint density at radius 1 is 1.44 bits per heavy atom. The van der Waals surface area contributed by atoms with Gasteiger partial charge in [-0.05, 0) is 0 Å². The fourth-order valence-electron chi connectivity index (χ4n) is 1.40. The predicted molar refractivity (Wildman–Crippen MR) is 77.6 cm³/mol. The summed E-state index contributed by atoms with van der Waals surface area (Å²) in [6.45, 7) is 10.3. The van der Waals surface area contributed by atoms with Crippen LogP contribution >= 0.6 is 0 Å². The molecular formula is C17H26Zr. The molecule has 0 heterocycles. The second kappa shape index (κ2) is 13.3. The van der Waals surface area contributed by atoms with E-state index in [1.807, 2.05) is 13.8 Å². The van der Waals surface area contributed by atoms with E-state index in [-0.39, 0.29) is 26.2 Å². The summed E-state index contributed by atoms with van der Waals surface area (Å²) in [5, 5.41) is 0. The molecule has 0 unspecified atom stereocenters. The molecule has 1 rings (SSSR count). The molecule has 0 nitrogen and oxygen atoms in total. The van der Waals surface area contributed by atoms with Crippen LogP contribution < -0.4 is 0 Å². The van der Waals surface area contributed by atoms with Gasteiger partial charge in [0.1, 0.15) is 0 Å². The summed E-state index contributed by atoms with van der Waals surface area (Å²) < 4.78 is 0. The van der Waals surface area contributed by atoms with E-state index in [9.17, 15) is 0 Å². The third-order valence-corrected chi connectivity index (χ3v) is 2.97. The van der Waals surface area contributed by atoms with E-state index in [1.165, 1.54) is 36.0 Å². The summed E-state index contributed by atoms with van der Waals surface area (Å²) in [6.07, 6.45) is 17.7. The summed E-state index contributed by atoms with van der Waals surface area (Å²) >= 11 is 0. The summed E-state index contributed by atoms with van der Waals surface area (Å²) in [5.41, 5.74) is 3.97. The average Bonchev–Trinajstić information content (AvgIpc) is 2.88. The molecule has 1 aliphatic carbocycles. The maximum Gasteiger partial charge on any atom is 2.00 e. The first-order chi connectivity index (χ1) is 8.15. The SMILES string of the molecule is CCCCC1=[C-]CC=C1.C[C-]=C(C)/C(C)=C/C.[Zr+2]. The van der Waals surface area contributed by atoms with E-state index in [1.54, 1.807) is 0 Å². The number of unbranched alkanes of at least 4 members (excludes halogenated alkanes) is 1. The van der Waals surface area contributed by atoms with Crippen molar-refractivity contribution in [2.24, 2.45) is 0 Å². The molecule has 0 N–H and O–H groups in total. The number of hydrogen-bond donors (Lipinski definition) is 0.